The van der Waals surface area contributed by atoms with Gasteiger partial charge in [0.15, 0.2) is 0 Å². The van der Waals surface area contributed by atoms with Crippen molar-refractivity contribution >= 4 is 29.1 Å². The van der Waals surface area contributed by atoms with Crippen molar-refractivity contribution in [1.82, 2.24) is 5.32 Å². The molecular weight excluding hydrogens is 420 g/mol. The highest BCUT2D eigenvalue weighted by Gasteiger charge is 2.30. The lowest BCUT2D eigenvalue weighted by molar-refractivity contribution is -0.126. The third-order valence-corrected chi connectivity index (χ3v) is 6.00. The van der Waals surface area contributed by atoms with Gasteiger partial charge in [-0.25, -0.2) is 0 Å². The Morgan fingerprint density at radius 2 is 1.58 bits per heavy atom. The van der Waals surface area contributed by atoms with E-state index >= 15 is 0 Å². The van der Waals surface area contributed by atoms with Gasteiger partial charge in [0.25, 0.3) is 0 Å². The van der Waals surface area contributed by atoms with Crippen LogP contribution in [0.1, 0.15) is 85.6 Å². The van der Waals surface area contributed by atoms with Crippen molar-refractivity contribution in [1.29, 1.82) is 0 Å². The number of rotatable bonds is 15. The van der Waals surface area contributed by atoms with E-state index in [1.807, 2.05) is 52.0 Å². The number of hydrogen-bond donors (Lipinski definition) is 2. The maximum Gasteiger partial charge on any atom is 0.224 e. The lowest BCUT2D eigenvalue weighted by atomic mass is 9.94. The molecule has 0 radical (unpaired) electrons. The number of amides is 2. The molecule has 1 aromatic carbocycles. The summed E-state index contributed by atoms with van der Waals surface area (Å²) in [5.41, 5.74) is 0.767. The van der Waals surface area contributed by atoms with Gasteiger partial charge in [-0.2, -0.15) is 0 Å². The summed E-state index contributed by atoms with van der Waals surface area (Å²) in [6.07, 6.45) is 3.26. The predicted molar refractivity (Wildman–Crippen MR) is 130 cm³/mol. The summed E-state index contributed by atoms with van der Waals surface area (Å²) in [6.45, 7) is 11.3. The van der Waals surface area contributed by atoms with Gasteiger partial charge in [-0.3, -0.25) is 19.2 Å². The monoisotopic (exact) mass is 460 g/mol. The second-order valence-electron chi connectivity index (χ2n) is 9.35. The van der Waals surface area contributed by atoms with Gasteiger partial charge in [-0.1, -0.05) is 26.0 Å². The van der Waals surface area contributed by atoms with Crippen molar-refractivity contribution in [3.8, 4) is 0 Å². The second-order valence-corrected chi connectivity index (χ2v) is 9.35. The standard InChI is InChI=1S/C26H40N2O5/c1-7-25(5,28-20(4)30)18-33-26(6,8-2)16-15-24(32)27-22-12-9-21(10-13-22)11-14-23(31)17-19(3)29/h9-10,12-13H,7-8,11,14-18H2,1-6H3,(H,27,32)(H,28,30). The van der Waals surface area contributed by atoms with Crippen molar-refractivity contribution in [2.75, 3.05) is 11.9 Å². The van der Waals surface area contributed by atoms with Crippen molar-refractivity contribution in [2.24, 2.45) is 0 Å². The molecule has 1 aromatic rings. The van der Waals surface area contributed by atoms with Crippen LogP contribution in [0, 0.1) is 0 Å². The van der Waals surface area contributed by atoms with Crippen LogP contribution in [-0.2, 0) is 30.3 Å². The van der Waals surface area contributed by atoms with Crippen molar-refractivity contribution in [3.63, 3.8) is 0 Å². The minimum atomic E-state index is -0.470. The minimum Gasteiger partial charge on any atom is -0.373 e. The first kappa shape index (κ1) is 28.5. The Bertz CT molecular complexity index is 820. The molecule has 7 nitrogen and oxygen atoms in total. The third kappa shape index (κ3) is 11.2. The Hall–Kier alpha value is -2.54. The topological polar surface area (TPSA) is 102 Å². The highest BCUT2D eigenvalue weighted by molar-refractivity contribution is 5.98. The number of ether oxygens (including phenoxy) is 1. The van der Waals surface area contributed by atoms with Gasteiger partial charge in [-0.05, 0) is 64.2 Å². The number of carbonyl (C=O) groups is 4. The van der Waals surface area contributed by atoms with Gasteiger partial charge in [-0.15, -0.1) is 0 Å². The van der Waals surface area contributed by atoms with Crippen LogP contribution in [0.2, 0.25) is 0 Å². The average molecular weight is 461 g/mol. The van der Waals surface area contributed by atoms with Gasteiger partial charge in [0.05, 0.1) is 24.2 Å². The molecule has 0 bridgehead atoms. The Kier molecular flexibility index (Phi) is 11.4. The summed E-state index contributed by atoms with van der Waals surface area (Å²) >= 11 is 0. The quantitative estimate of drug-likeness (QED) is 0.378. The van der Waals surface area contributed by atoms with Crippen molar-refractivity contribution in [3.05, 3.63) is 29.8 Å². The van der Waals surface area contributed by atoms with Gasteiger partial charge < -0.3 is 15.4 Å². The maximum atomic E-state index is 12.5. The van der Waals surface area contributed by atoms with E-state index in [1.54, 1.807) is 0 Å². The van der Waals surface area contributed by atoms with E-state index in [9.17, 15) is 19.2 Å². The van der Waals surface area contributed by atoms with E-state index in [2.05, 4.69) is 10.6 Å². The molecule has 0 spiro atoms. The summed E-state index contributed by atoms with van der Waals surface area (Å²) in [4.78, 5) is 46.6. The molecule has 184 valence electrons. The Morgan fingerprint density at radius 3 is 2.09 bits per heavy atom. The predicted octanol–water partition coefficient (Wildman–Crippen LogP) is 4.38. The van der Waals surface area contributed by atoms with Crippen LogP contribution in [0.4, 0.5) is 5.69 Å². The number of nitrogens with one attached hydrogen (secondary N) is 2. The molecule has 0 heterocycles. The van der Waals surface area contributed by atoms with Crippen LogP contribution < -0.4 is 10.6 Å². The Morgan fingerprint density at radius 1 is 0.939 bits per heavy atom. The number of anilines is 1. The first-order valence-corrected chi connectivity index (χ1v) is 11.7. The molecule has 2 amide bonds. The summed E-state index contributed by atoms with van der Waals surface area (Å²) in [5, 5.41) is 5.85. The summed E-state index contributed by atoms with van der Waals surface area (Å²) in [7, 11) is 0. The summed E-state index contributed by atoms with van der Waals surface area (Å²) in [6, 6.07) is 7.39. The van der Waals surface area contributed by atoms with E-state index in [0.29, 0.717) is 38.0 Å². The van der Waals surface area contributed by atoms with Crippen LogP contribution in [0.15, 0.2) is 24.3 Å². The molecular formula is C26H40N2O5. The molecule has 0 fully saturated rings. The zero-order valence-corrected chi connectivity index (χ0v) is 21.0. The van der Waals surface area contributed by atoms with E-state index in [0.717, 1.165) is 18.4 Å². The Labute approximate surface area is 198 Å². The average Bonchev–Trinajstić information content (AvgIpc) is 2.75. The molecule has 0 saturated carbocycles. The van der Waals surface area contributed by atoms with Gasteiger partial charge in [0.1, 0.15) is 11.6 Å². The molecule has 33 heavy (non-hydrogen) atoms. The first-order chi connectivity index (χ1) is 15.4. The van der Waals surface area contributed by atoms with Crippen LogP contribution in [0.3, 0.4) is 0 Å². The van der Waals surface area contributed by atoms with Gasteiger partial charge in [0, 0.05) is 25.5 Å². The number of hydrogen-bond acceptors (Lipinski definition) is 5. The normalized spacial score (nSPS) is 14.6. The lowest BCUT2D eigenvalue weighted by Crippen LogP contribution is -2.50. The molecule has 2 atom stereocenters. The largest absolute Gasteiger partial charge is 0.373 e. The van der Waals surface area contributed by atoms with Crippen LogP contribution in [0.25, 0.3) is 0 Å². The molecule has 0 aromatic heterocycles. The highest BCUT2D eigenvalue weighted by Crippen LogP contribution is 2.25. The number of aryl methyl sites for hydroxylation is 1. The second kappa shape index (κ2) is 13.2. The zero-order chi connectivity index (χ0) is 25.1. The molecule has 0 aliphatic rings. The van der Waals surface area contributed by atoms with Crippen LogP contribution in [-0.4, -0.2) is 41.1 Å². The molecule has 2 N–H and O–H groups in total. The fourth-order valence-electron chi connectivity index (χ4n) is 3.34. The smallest absolute Gasteiger partial charge is 0.224 e. The number of benzene rings is 1. The molecule has 1 rings (SSSR count). The molecule has 0 aliphatic heterocycles. The number of Topliss-reactive ketones (excluding diaryl/α,β-unsaturated/α-hetero) is 2. The summed E-state index contributed by atoms with van der Waals surface area (Å²) < 4.78 is 6.18. The minimum absolute atomic E-state index is 0.0144. The van der Waals surface area contributed by atoms with E-state index in [-0.39, 0.29) is 29.8 Å². The lowest BCUT2D eigenvalue weighted by Gasteiger charge is -2.35. The SMILES string of the molecule is CCC(C)(COC(C)(CC)CCC(=O)Nc1ccc(CCC(=O)CC(C)=O)cc1)NC(C)=O. The van der Waals surface area contributed by atoms with E-state index in [4.69, 9.17) is 4.74 Å². The zero-order valence-electron chi connectivity index (χ0n) is 21.0. The molecule has 7 heteroatoms. The van der Waals surface area contributed by atoms with Gasteiger partial charge in [0.2, 0.25) is 11.8 Å². The van der Waals surface area contributed by atoms with Crippen LogP contribution in [0.5, 0.6) is 0 Å². The van der Waals surface area contributed by atoms with Crippen molar-refractivity contribution in [2.45, 2.75) is 97.6 Å². The summed E-state index contributed by atoms with van der Waals surface area (Å²) in [5.74, 6) is -0.357. The van der Waals surface area contributed by atoms with E-state index in [1.165, 1.54) is 13.8 Å². The van der Waals surface area contributed by atoms with Gasteiger partial charge >= 0.3 is 0 Å². The molecule has 2 unspecified atom stereocenters. The molecule has 0 saturated heterocycles. The Balaban J connectivity index is 2.54. The maximum absolute atomic E-state index is 12.5. The van der Waals surface area contributed by atoms with Crippen LogP contribution >= 0.6 is 0 Å². The number of carbonyl (C=O) groups excluding carboxylic acids is 4. The molecule has 0 aliphatic carbocycles. The number of ketones is 2. The fraction of sp³-hybridized carbons (Fsp3) is 0.615. The first-order valence-electron chi connectivity index (χ1n) is 11.7. The highest BCUT2D eigenvalue weighted by atomic mass is 16.5. The van der Waals surface area contributed by atoms with Crippen molar-refractivity contribution < 1.29 is 23.9 Å². The third-order valence-electron chi connectivity index (χ3n) is 6.00. The fourth-order valence-corrected chi connectivity index (χ4v) is 3.34. The van der Waals surface area contributed by atoms with E-state index < -0.39 is 11.1 Å².